The van der Waals surface area contributed by atoms with Crippen LogP contribution in [-0.4, -0.2) is 23.8 Å². The van der Waals surface area contributed by atoms with Gasteiger partial charge in [-0.1, -0.05) is 0 Å². The SMILES string of the molecule is OC12CC(C3CCNCC3)(C1)C2. The summed E-state index contributed by atoms with van der Waals surface area (Å²) in [5.41, 5.74) is 0.418. The zero-order chi connectivity index (χ0) is 8.23. The maximum atomic E-state index is 9.66. The molecule has 4 rings (SSSR count). The highest BCUT2D eigenvalue weighted by molar-refractivity contribution is 5.20. The van der Waals surface area contributed by atoms with E-state index < -0.39 is 0 Å². The zero-order valence-corrected chi connectivity index (χ0v) is 7.47. The van der Waals surface area contributed by atoms with E-state index in [1.807, 2.05) is 0 Å². The third-order valence-electron chi connectivity index (χ3n) is 4.25. The number of aliphatic hydroxyl groups is 1. The first-order chi connectivity index (χ1) is 5.73. The van der Waals surface area contributed by atoms with Crippen molar-refractivity contribution >= 4 is 0 Å². The molecule has 0 aromatic carbocycles. The molecule has 0 aromatic rings. The Morgan fingerprint density at radius 3 is 2.17 bits per heavy atom. The minimum absolute atomic E-state index is 0.190. The van der Waals surface area contributed by atoms with Crippen molar-refractivity contribution < 1.29 is 5.11 Å². The molecule has 4 aliphatic rings. The monoisotopic (exact) mass is 167 g/mol. The lowest BCUT2D eigenvalue weighted by molar-refractivity contribution is -0.285. The van der Waals surface area contributed by atoms with Gasteiger partial charge in [0.05, 0.1) is 5.60 Å². The Hall–Kier alpha value is -0.0800. The van der Waals surface area contributed by atoms with Gasteiger partial charge in [-0.05, 0) is 56.5 Å². The van der Waals surface area contributed by atoms with Gasteiger partial charge in [-0.2, -0.15) is 0 Å². The molecule has 2 heteroatoms. The van der Waals surface area contributed by atoms with Crippen LogP contribution in [0.3, 0.4) is 0 Å². The zero-order valence-electron chi connectivity index (χ0n) is 7.47. The summed E-state index contributed by atoms with van der Waals surface area (Å²) in [5.74, 6) is 0.924. The highest BCUT2D eigenvalue weighted by Gasteiger charge is 2.69. The van der Waals surface area contributed by atoms with Gasteiger partial charge in [-0.3, -0.25) is 0 Å². The van der Waals surface area contributed by atoms with Crippen molar-refractivity contribution in [3.63, 3.8) is 0 Å². The lowest BCUT2D eigenvalue weighted by atomic mass is 9.36. The maximum absolute atomic E-state index is 9.66. The molecule has 3 saturated carbocycles. The fraction of sp³-hybridized carbons (Fsp3) is 1.00. The number of hydrogen-bond donors (Lipinski definition) is 2. The molecule has 68 valence electrons. The summed E-state index contributed by atoms with van der Waals surface area (Å²) in [6.07, 6.45) is 6.03. The lowest BCUT2D eigenvalue weighted by Crippen LogP contribution is -2.70. The molecule has 2 N–H and O–H groups in total. The first-order valence-electron chi connectivity index (χ1n) is 5.16. The molecular formula is C10H17NO. The first-order valence-corrected chi connectivity index (χ1v) is 5.16. The molecular weight excluding hydrogens is 150 g/mol. The number of nitrogens with one attached hydrogen (secondary N) is 1. The van der Waals surface area contributed by atoms with Crippen LogP contribution in [0.1, 0.15) is 32.1 Å². The molecule has 2 bridgehead atoms. The Kier molecular flexibility index (Phi) is 1.25. The quantitative estimate of drug-likeness (QED) is 0.608. The van der Waals surface area contributed by atoms with Crippen molar-refractivity contribution in [2.45, 2.75) is 37.7 Å². The highest BCUT2D eigenvalue weighted by atomic mass is 16.3. The second-order valence-electron chi connectivity index (χ2n) is 5.14. The summed E-state index contributed by atoms with van der Waals surface area (Å²) in [4.78, 5) is 0. The Balaban J connectivity index is 1.67. The van der Waals surface area contributed by atoms with Gasteiger partial charge in [0.15, 0.2) is 0 Å². The van der Waals surface area contributed by atoms with Crippen LogP contribution in [-0.2, 0) is 0 Å². The van der Waals surface area contributed by atoms with Gasteiger partial charge in [0.2, 0.25) is 0 Å². The van der Waals surface area contributed by atoms with Gasteiger partial charge in [0.25, 0.3) is 0 Å². The summed E-state index contributed by atoms with van der Waals surface area (Å²) in [5, 5.41) is 13.1. The van der Waals surface area contributed by atoms with Crippen molar-refractivity contribution in [2.75, 3.05) is 13.1 Å². The third-order valence-corrected chi connectivity index (χ3v) is 4.25. The van der Waals surface area contributed by atoms with Crippen LogP contribution in [0.4, 0.5) is 0 Å². The molecule has 0 unspecified atom stereocenters. The fourth-order valence-electron chi connectivity index (χ4n) is 3.68. The molecule has 1 aliphatic heterocycles. The highest BCUT2D eigenvalue weighted by Crippen LogP contribution is 2.71. The Labute approximate surface area is 73.4 Å². The molecule has 0 spiro atoms. The summed E-state index contributed by atoms with van der Waals surface area (Å²) in [6, 6.07) is 0. The van der Waals surface area contributed by atoms with Crippen LogP contribution in [0.15, 0.2) is 0 Å². The van der Waals surface area contributed by atoms with Gasteiger partial charge in [-0.25, -0.2) is 0 Å². The number of hydrogen-bond acceptors (Lipinski definition) is 2. The summed E-state index contributed by atoms with van der Waals surface area (Å²) < 4.78 is 0. The minimum atomic E-state index is -0.190. The van der Waals surface area contributed by atoms with Crippen LogP contribution < -0.4 is 5.32 Å². The molecule has 0 atom stereocenters. The molecule has 2 nitrogen and oxygen atoms in total. The van der Waals surface area contributed by atoms with Crippen LogP contribution in [0.2, 0.25) is 0 Å². The van der Waals surface area contributed by atoms with Crippen LogP contribution in [0.5, 0.6) is 0 Å². The Bertz CT molecular complexity index is 188. The minimum Gasteiger partial charge on any atom is -0.390 e. The van der Waals surface area contributed by atoms with E-state index in [1.54, 1.807) is 0 Å². The molecule has 0 aromatic heterocycles. The van der Waals surface area contributed by atoms with Gasteiger partial charge < -0.3 is 10.4 Å². The normalized spacial score (nSPS) is 52.8. The predicted octanol–water partition coefficient (Wildman–Crippen LogP) is 0.901. The molecule has 1 saturated heterocycles. The van der Waals surface area contributed by atoms with Gasteiger partial charge >= 0.3 is 0 Å². The van der Waals surface area contributed by atoms with E-state index >= 15 is 0 Å². The van der Waals surface area contributed by atoms with Gasteiger partial charge in [0.1, 0.15) is 0 Å². The van der Waals surface area contributed by atoms with Crippen molar-refractivity contribution in [1.29, 1.82) is 0 Å². The second-order valence-corrected chi connectivity index (χ2v) is 5.14. The largest absolute Gasteiger partial charge is 0.390 e. The van der Waals surface area contributed by atoms with Crippen molar-refractivity contribution in [3.05, 3.63) is 0 Å². The van der Waals surface area contributed by atoms with E-state index in [1.165, 1.54) is 25.9 Å². The van der Waals surface area contributed by atoms with Crippen molar-refractivity contribution in [2.24, 2.45) is 11.3 Å². The smallest absolute Gasteiger partial charge is 0.0664 e. The van der Waals surface area contributed by atoms with E-state index in [0.29, 0.717) is 5.41 Å². The topological polar surface area (TPSA) is 32.3 Å². The molecule has 0 amide bonds. The van der Waals surface area contributed by atoms with E-state index in [-0.39, 0.29) is 5.60 Å². The Morgan fingerprint density at radius 2 is 1.67 bits per heavy atom. The summed E-state index contributed by atoms with van der Waals surface area (Å²) >= 11 is 0. The van der Waals surface area contributed by atoms with E-state index in [9.17, 15) is 5.11 Å². The standard InChI is InChI=1S/C10H17NO/c12-10-5-9(6-10,7-10)8-1-3-11-4-2-8/h8,11-12H,1-7H2. The van der Waals surface area contributed by atoms with E-state index in [4.69, 9.17) is 0 Å². The predicted molar refractivity (Wildman–Crippen MR) is 46.8 cm³/mol. The van der Waals surface area contributed by atoms with Crippen LogP contribution in [0, 0.1) is 11.3 Å². The van der Waals surface area contributed by atoms with Gasteiger partial charge in [0, 0.05) is 0 Å². The lowest BCUT2D eigenvalue weighted by Gasteiger charge is -2.71. The van der Waals surface area contributed by atoms with Crippen molar-refractivity contribution in [3.8, 4) is 0 Å². The average molecular weight is 167 g/mol. The molecule has 4 fully saturated rings. The van der Waals surface area contributed by atoms with E-state index in [2.05, 4.69) is 5.32 Å². The number of rotatable bonds is 1. The molecule has 3 aliphatic carbocycles. The van der Waals surface area contributed by atoms with Crippen LogP contribution >= 0.6 is 0 Å². The fourth-order valence-corrected chi connectivity index (χ4v) is 3.68. The second kappa shape index (κ2) is 2.05. The molecule has 1 heterocycles. The Morgan fingerprint density at radius 1 is 1.08 bits per heavy atom. The maximum Gasteiger partial charge on any atom is 0.0664 e. The van der Waals surface area contributed by atoms with Crippen molar-refractivity contribution in [1.82, 2.24) is 5.32 Å². The molecule has 12 heavy (non-hydrogen) atoms. The van der Waals surface area contributed by atoms with Gasteiger partial charge in [-0.15, -0.1) is 0 Å². The number of piperidine rings is 1. The molecule has 0 radical (unpaired) electrons. The average Bonchev–Trinajstić information content (AvgIpc) is 1.99. The first kappa shape index (κ1) is 7.34. The summed E-state index contributed by atoms with van der Waals surface area (Å²) in [7, 11) is 0. The summed E-state index contributed by atoms with van der Waals surface area (Å²) in [6.45, 7) is 2.40. The third kappa shape index (κ3) is 0.775. The van der Waals surface area contributed by atoms with Crippen LogP contribution in [0.25, 0.3) is 0 Å². The van der Waals surface area contributed by atoms with E-state index in [0.717, 1.165) is 25.2 Å².